The van der Waals surface area contributed by atoms with Crippen LogP contribution in [0.25, 0.3) is 22.3 Å². The molecule has 7 heteroatoms. The van der Waals surface area contributed by atoms with Gasteiger partial charge in [0.1, 0.15) is 12.3 Å². The van der Waals surface area contributed by atoms with Crippen LogP contribution in [0, 0.1) is 6.92 Å². The number of amides is 1. The van der Waals surface area contributed by atoms with Gasteiger partial charge >= 0.3 is 0 Å². The number of rotatable bonds is 3. The Morgan fingerprint density at radius 2 is 1.96 bits per heavy atom. The van der Waals surface area contributed by atoms with Crippen molar-refractivity contribution in [3.63, 3.8) is 0 Å². The molecule has 3 heterocycles. The smallest absolute Gasteiger partial charge is 0.242 e. The minimum Gasteiger partial charge on any atom is -0.507 e. The van der Waals surface area contributed by atoms with Gasteiger partial charge in [-0.15, -0.1) is 10.2 Å². The number of carbonyl (C=O) groups is 1. The van der Waals surface area contributed by atoms with E-state index in [0.29, 0.717) is 21.9 Å². The number of aromatic nitrogens is 3. The lowest BCUT2D eigenvalue weighted by Crippen LogP contribution is -2.37. The molecule has 1 saturated heterocycles. The Morgan fingerprint density at radius 1 is 1.19 bits per heavy atom. The van der Waals surface area contributed by atoms with E-state index in [2.05, 4.69) is 10.2 Å². The Labute approximate surface area is 162 Å². The standard InChI is InChI=1S/C20H21ClN4O2/c1-13-9-15(21)11-17(26)19(13)16-10-14-5-8-25(20(14)23-22-16)12-18(27)24-6-3-2-4-7-24/h5,8-11,26H,2-4,6-7,12H2,1H3. The van der Waals surface area contributed by atoms with Crippen LogP contribution in [0.15, 0.2) is 30.5 Å². The largest absolute Gasteiger partial charge is 0.507 e. The van der Waals surface area contributed by atoms with Crippen molar-refractivity contribution >= 4 is 28.5 Å². The minimum absolute atomic E-state index is 0.0772. The van der Waals surface area contributed by atoms with Gasteiger partial charge in [0.25, 0.3) is 0 Å². The van der Waals surface area contributed by atoms with Gasteiger partial charge in [-0.1, -0.05) is 11.6 Å². The van der Waals surface area contributed by atoms with Crippen LogP contribution in [-0.2, 0) is 11.3 Å². The van der Waals surface area contributed by atoms with Crippen molar-refractivity contribution in [3.05, 3.63) is 41.0 Å². The van der Waals surface area contributed by atoms with Crippen LogP contribution in [0.1, 0.15) is 24.8 Å². The molecule has 0 unspecified atom stereocenters. The molecule has 1 aliphatic heterocycles. The van der Waals surface area contributed by atoms with Gasteiger partial charge in [-0.25, -0.2) is 0 Å². The van der Waals surface area contributed by atoms with Crippen LogP contribution in [0.5, 0.6) is 5.75 Å². The highest BCUT2D eigenvalue weighted by Gasteiger charge is 2.18. The lowest BCUT2D eigenvalue weighted by atomic mass is 10.0. The molecule has 1 fully saturated rings. The van der Waals surface area contributed by atoms with Crippen LogP contribution in [-0.4, -0.2) is 43.8 Å². The Bertz CT molecular complexity index is 985. The van der Waals surface area contributed by atoms with Crippen molar-refractivity contribution in [2.75, 3.05) is 13.1 Å². The number of aromatic hydroxyl groups is 1. The molecule has 1 amide bonds. The number of hydrogen-bond acceptors (Lipinski definition) is 4. The van der Waals surface area contributed by atoms with E-state index in [1.165, 1.54) is 12.5 Å². The molecule has 1 aromatic carbocycles. The molecule has 0 spiro atoms. The second kappa shape index (κ2) is 7.19. The number of phenolic OH excluding ortho intramolecular Hbond substituents is 1. The monoisotopic (exact) mass is 384 g/mol. The third-order valence-corrected chi connectivity index (χ3v) is 5.28. The van der Waals surface area contributed by atoms with Crippen molar-refractivity contribution in [1.82, 2.24) is 19.7 Å². The molecule has 0 bridgehead atoms. The lowest BCUT2D eigenvalue weighted by molar-refractivity contribution is -0.132. The van der Waals surface area contributed by atoms with Crippen LogP contribution >= 0.6 is 11.6 Å². The highest BCUT2D eigenvalue weighted by Crippen LogP contribution is 2.34. The van der Waals surface area contributed by atoms with Gasteiger partial charge < -0.3 is 14.6 Å². The highest BCUT2D eigenvalue weighted by molar-refractivity contribution is 6.31. The summed E-state index contributed by atoms with van der Waals surface area (Å²) in [6.07, 6.45) is 5.21. The average molecular weight is 385 g/mol. The fourth-order valence-corrected chi connectivity index (χ4v) is 3.95. The number of benzene rings is 1. The maximum absolute atomic E-state index is 12.5. The third-order valence-electron chi connectivity index (χ3n) is 5.06. The molecule has 3 aromatic rings. The zero-order chi connectivity index (χ0) is 19.0. The van der Waals surface area contributed by atoms with Crippen LogP contribution in [0.3, 0.4) is 0 Å². The minimum atomic E-state index is 0.0772. The molecule has 27 heavy (non-hydrogen) atoms. The number of nitrogens with zero attached hydrogens (tertiary/aromatic N) is 4. The predicted octanol–water partition coefficient (Wildman–Crippen LogP) is 3.78. The van der Waals surface area contributed by atoms with E-state index in [0.717, 1.165) is 36.9 Å². The summed E-state index contributed by atoms with van der Waals surface area (Å²) in [6.45, 7) is 3.81. The normalized spacial score (nSPS) is 14.7. The van der Waals surface area contributed by atoms with Crippen LogP contribution in [0.2, 0.25) is 5.02 Å². The van der Waals surface area contributed by atoms with Crippen molar-refractivity contribution < 1.29 is 9.90 Å². The molecule has 140 valence electrons. The summed E-state index contributed by atoms with van der Waals surface area (Å²) in [7, 11) is 0. The topological polar surface area (TPSA) is 71.2 Å². The first-order valence-corrected chi connectivity index (χ1v) is 9.50. The van der Waals surface area contributed by atoms with Crippen molar-refractivity contribution in [3.8, 4) is 17.0 Å². The van der Waals surface area contributed by atoms with E-state index in [1.807, 2.05) is 34.7 Å². The number of likely N-dealkylation sites (tertiary alicyclic amines) is 1. The molecule has 6 nitrogen and oxygen atoms in total. The molecule has 0 radical (unpaired) electrons. The quantitative estimate of drug-likeness (QED) is 0.746. The van der Waals surface area contributed by atoms with Gasteiger partial charge in [0, 0.05) is 35.3 Å². The molecular weight excluding hydrogens is 364 g/mol. The molecule has 1 aliphatic rings. The fraction of sp³-hybridized carbons (Fsp3) is 0.350. The van der Waals surface area contributed by atoms with E-state index in [9.17, 15) is 9.90 Å². The Kier molecular flexibility index (Phi) is 4.74. The summed E-state index contributed by atoms with van der Waals surface area (Å²) >= 11 is 5.99. The first-order valence-electron chi connectivity index (χ1n) is 9.13. The summed E-state index contributed by atoms with van der Waals surface area (Å²) < 4.78 is 1.83. The molecule has 0 aliphatic carbocycles. The number of aryl methyl sites for hydroxylation is 1. The molecule has 0 atom stereocenters. The molecule has 4 rings (SSSR count). The molecule has 1 N–H and O–H groups in total. The zero-order valence-corrected chi connectivity index (χ0v) is 15.9. The summed E-state index contributed by atoms with van der Waals surface area (Å²) in [5, 5.41) is 20.2. The lowest BCUT2D eigenvalue weighted by Gasteiger charge is -2.26. The second-order valence-corrected chi connectivity index (χ2v) is 7.45. The van der Waals surface area contributed by atoms with Crippen LogP contribution in [0.4, 0.5) is 0 Å². The zero-order valence-electron chi connectivity index (χ0n) is 15.2. The van der Waals surface area contributed by atoms with E-state index in [-0.39, 0.29) is 18.2 Å². The predicted molar refractivity (Wildman–Crippen MR) is 105 cm³/mol. The average Bonchev–Trinajstić information content (AvgIpc) is 3.04. The van der Waals surface area contributed by atoms with E-state index < -0.39 is 0 Å². The van der Waals surface area contributed by atoms with Crippen LogP contribution < -0.4 is 0 Å². The first-order chi connectivity index (χ1) is 13.0. The van der Waals surface area contributed by atoms with Crippen molar-refractivity contribution in [2.45, 2.75) is 32.7 Å². The summed E-state index contributed by atoms with van der Waals surface area (Å²) in [5.74, 6) is 0.192. The maximum atomic E-state index is 12.5. The molecule has 2 aromatic heterocycles. The summed E-state index contributed by atoms with van der Waals surface area (Å²) in [5.41, 5.74) is 2.68. The highest BCUT2D eigenvalue weighted by atomic mass is 35.5. The van der Waals surface area contributed by atoms with Gasteiger partial charge in [0.15, 0.2) is 5.65 Å². The van der Waals surface area contributed by atoms with Gasteiger partial charge in [-0.2, -0.15) is 0 Å². The maximum Gasteiger partial charge on any atom is 0.242 e. The number of fused-ring (bicyclic) bond motifs is 1. The first kappa shape index (κ1) is 17.8. The number of carbonyl (C=O) groups excluding carboxylic acids is 1. The number of phenols is 1. The van der Waals surface area contributed by atoms with E-state index >= 15 is 0 Å². The van der Waals surface area contributed by atoms with Gasteiger partial charge in [-0.3, -0.25) is 4.79 Å². The summed E-state index contributed by atoms with van der Waals surface area (Å²) in [6, 6.07) is 7.07. The Balaban J connectivity index is 1.63. The third kappa shape index (κ3) is 3.49. The molecule has 0 saturated carbocycles. The van der Waals surface area contributed by atoms with E-state index in [1.54, 1.807) is 6.07 Å². The SMILES string of the molecule is Cc1cc(Cl)cc(O)c1-c1cc2ccn(CC(=O)N3CCCCC3)c2nn1. The summed E-state index contributed by atoms with van der Waals surface area (Å²) in [4.78, 5) is 14.5. The number of halogens is 1. The number of hydrogen-bond donors (Lipinski definition) is 1. The van der Waals surface area contributed by atoms with E-state index in [4.69, 9.17) is 11.6 Å². The van der Waals surface area contributed by atoms with Crippen molar-refractivity contribution in [1.29, 1.82) is 0 Å². The Morgan fingerprint density at radius 3 is 2.70 bits per heavy atom. The Hall–Kier alpha value is -2.60. The van der Waals surface area contributed by atoms with Crippen molar-refractivity contribution in [2.24, 2.45) is 0 Å². The molecular formula is C20H21ClN4O2. The van der Waals surface area contributed by atoms with Gasteiger partial charge in [0.05, 0.1) is 5.69 Å². The van der Waals surface area contributed by atoms with Gasteiger partial charge in [0.2, 0.25) is 5.91 Å². The second-order valence-electron chi connectivity index (χ2n) is 7.01. The number of piperidine rings is 1. The fourth-order valence-electron chi connectivity index (χ4n) is 3.68. The van der Waals surface area contributed by atoms with Gasteiger partial charge in [-0.05, 0) is 56.0 Å².